The van der Waals surface area contributed by atoms with Crippen LogP contribution in [-0.2, 0) is 6.73 Å². The van der Waals surface area contributed by atoms with Gasteiger partial charge in [0.2, 0.25) is 0 Å². The van der Waals surface area contributed by atoms with Gasteiger partial charge in [-0.3, -0.25) is 14.9 Å². The van der Waals surface area contributed by atoms with Crippen LogP contribution in [0.2, 0.25) is 0 Å². The summed E-state index contributed by atoms with van der Waals surface area (Å²) in [6.07, 6.45) is 1.58. The van der Waals surface area contributed by atoms with Gasteiger partial charge < -0.3 is 10.1 Å². The number of benzene rings is 2. The Bertz CT molecular complexity index is 940. The molecule has 3 aromatic rings. The van der Waals surface area contributed by atoms with E-state index in [0.717, 1.165) is 5.56 Å². The van der Waals surface area contributed by atoms with Gasteiger partial charge in [-0.2, -0.15) is 5.10 Å². The quantitative estimate of drug-likeness (QED) is 0.511. The number of aromatic nitrogens is 2. The van der Waals surface area contributed by atoms with Crippen molar-refractivity contribution in [3.05, 3.63) is 88.2 Å². The Morgan fingerprint density at radius 2 is 1.89 bits per heavy atom. The van der Waals surface area contributed by atoms with Crippen LogP contribution in [0.15, 0.2) is 66.9 Å². The summed E-state index contributed by atoms with van der Waals surface area (Å²) in [6.45, 7) is 1.84. The van der Waals surface area contributed by atoms with E-state index in [2.05, 4.69) is 10.4 Å². The molecular weight excluding hydrogens is 348 g/mol. The topological polar surface area (TPSA) is 99.3 Å². The van der Waals surface area contributed by atoms with Crippen LogP contribution in [0.3, 0.4) is 0 Å². The van der Waals surface area contributed by atoms with Gasteiger partial charge in [-0.25, -0.2) is 4.68 Å². The fourth-order valence-corrected chi connectivity index (χ4v) is 2.52. The van der Waals surface area contributed by atoms with Gasteiger partial charge in [0.1, 0.15) is 5.69 Å². The predicted molar refractivity (Wildman–Crippen MR) is 98.3 cm³/mol. The summed E-state index contributed by atoms with van der Waals surface area (Å²) in [6, 6.07) is 17.1. The largest absolute Gasteiger partial charge is 0.464 e. The molecule has 1 N–H and O–H groups in total. The smallest absolute Gasteiger partial charge is 0.311 e. The lowest BCUT2D eigenvalue weighted by Crippen LogP contribution is -2.27. The molecule has 0 fully saturated rings. The Morgan fingerprint density at radius 1 is 1.19 bits per heavy atom. The average Bonchev–Trinajstić information content (AvgIpc) is 3.16. The number of carbonyl (C=O) groups is 1. The number of ether oxygens (including phenoxy) is 1. The molecule has 3 rings (SSSR count). The molecule has 0 aliphatic rings. The van der Waals surface area contributed by atoms with E-state index in [1.54, 1.807) is 24.4 Å². The first-order valence-corrected chi connectivity index (χ1v) is 8.30. The van der Waals surface area contributed by atoms with Gasteiger partial charge in [-0.05, 0) is 24.6 Å². The maximum atomic E-state index is 12.3. The number of amides is 1. The molecule has 1 aromatic heterocycles. The van der Waals surface area contributed by atoms with Gasteiger partial charge in [0.25, 0.3) is 5.91 Å². The van der Waals surface area contributed by atoms with E-state index >= 15 is 0 Å². The highest BCUT2D eigenvalue weighted by Crippen LogP contribution is 2.25. The molecule has 1 unspecified atom stereocenters. The molecule has 8 nitrogen and oxygen atoms in total. The van der Waals surface area contributed by atoms with Crippen LogP contribution < -0.4 is 10.1 Å². The highest BCUT2D eigenvalue weighted by atomic mass is 16.6. The first-order chi connectivity index (χ1) is 13.0. The standard InChI is InChI=1S/C19H18N4O4/c1-14(15-7-3-2-4-8-15)20-19(24)16-11-12-22(21-16)13-27-18-10-6-5-9-17(18)23(25)26/h2-12,14H,13H2,1H3,(H,20,24). The lowest BCUT2D eigenvalue weighted by atomic mass is 10.1. The Kier molecular flexibility index (Phi) is 5.46. The molecule has 1 atom stereocenters. The van der Waals surface area contributed by atoms with Crippen LogP contribution in [0, 0.1) is 10.1 Å². The van der Waals surface area contributed by atoms with Gasteiger partial charge >= 0.3 is 5.69 Å². The Labute approximate surface area is 155 Å². The van der Waals surface area contributed by atoms with E-state index in [1.165, 1.54) is 16.8 Å². The number of carbonyl (C=O) groups excluding carboxylic acids is 1. The fraction of sp³-hybridized carbons (Fsp3) is 0.158. The number of rotatable bonds is 7. The van der Waals surface area contributed by atoms with Crippen LogP contribution in [0.25, 0.3) is 0 Å². The average molecular weight is 366 g/mol. The first kappa shape index (κ1) is 18.1. The van der Waals surface area contributed by atoms with E-state index in [1.807, 2.05) is 37.3 Å². The number of hydrogen-bond donors (Lipinski definition) is 1. The Hall–Kier alpha value is -3.68. The minimum Gasteiger partial charge on any atom is -0.464 e. The van der Waals surface area contributed by atoms with Crippen molar-refractivity contribution < 1.29 is 14.5 Å². The summed E-state index contributed by atoms with van der Waals surface area (Å²) in [4.78, 5) is 22.8. The minimum atomic E-state index is -0.512. The number of nitrogens with one attached hydrogen (secondary N) is 1. The summed E-state index contributed by atoms with van der Waals surface area (Å²) in [5.74, 6) is -0.169. The zero-order chi connectivity index (χ0) is 19.2. The van der Waals surface area contributed by atoms with Gasteiger partial charge in [-0.1, -0.05) is 42.5 Å². The molecule has 0 bridgehead atoms. The van der Waals surface area contributed by atoms with Crippen molar-refractivity contribution in [2.24, 2.45) is 0 Å². The van der Waals surface area contributed by atoms with E-state index < -0.39 is 4.92 Å². The summed E-state index contributed by atoms with van der Waals surface area (Å²) < 4.78 is 6.86. The van der Waals surface area contributed by atoms with Gasteiger partial charge in [0.05, 0.1) is 11.0 Å². The summed E-state index contributed by atoms with van der Waals surface area (Å²) in [7, 11) is 0. The lowest BCUT2D eigenvalue weighted by molar-refractivity contribution is -0.386. The lowest BCUT2D eigenvalue weighted by Gasteiger charge is -2.13. The molecule has 0 saturated carbocycles. The molecule has 1 heterocycles. The second-order valence-electron chi connectivity index (χ2n) is 5.84. The van der Waals surface area contributed by atoms with Crippen LogP contribution in [-0.4, -0.2) is 20.6 Å². The zero-order valence-electron chi connectivity index (χ0n) is 14.6. The molecule has 1 amide bonds. The van der Waals surface area contributed by atoms with Crippen LogP contribution >= 0.6 is 0 Å². The number of nitro groups is 1. The molecule has 2 aromatic carbocycles. The maximum absolute atomic E-state index is 12.3. The van der Waals surface area contributed by atoms with Crippen LogP contribution in [0.4, 0.5) is 5.69 Å². The van der Waals surface area contributed by atoms with Crippen LogP contribution in [0.5, 0.6) is 5.75 Å². The number of para-hydroxylation sites is 2. The third-order valence-electron chi connectivity index (χ3n) is 3.93. The molecule has 138 valence electrons. The summed E-state index contributed by atoms with van der Waals surface area (Å²) in [5, 5.41) is 18.0. The molecule has 0 aliphatic heterocycles. The van der Waals surface area contributed by atoms with Crippen molar-refractivity contribution in [1.29, 1.82) is 0 Å². The Morgan fingerprint density at radius 3 is 2.63 bits per heavy atom. The fourth-order valence-electron chi connectivity index (χ4n) is 2.52. The van der Waals surface area contributed by atoms with Gasteiger partial charge in [0.15, 0.2) is 12.5 Å². The number of hydrogen-bond acceptors (Lipinski definition) is 5. The van der Waals surface area contributed by atoms with Crippen LogP contribution in [0.1, 0.15) is 29.0 Å². The van der Waals surface area contributed by atoms with Crippen molar-refractivity contribution in [1.82, 2.24) is 15.1 Å². The summed E-state index contributed by atoms with van der Waals surface area (Å²) >= 11 is 0. The van der Waals surface area contributed by atoms with Gasteiger partial charge in [-0.15, -0.1) is 0 Å². The molecule has 27 heavy (non-hydrogen) atoms. The third-order valence-corrected chi connectivity index (χ3v) is 3.93. The molecule has 0 aliphatic carbocycles. The van der Waals surface area contributed by atoms with Crippen molar-refractivity contribution in [2.75, 3.05) is 0 Å². The normalized spacial score (nSPS) is 11.6. The molecule has 0 saturated heterocycles. The van der Waals surface area contributed by atoms with Crippen molar-refractivity contribution >= 4 is 11.6 Å². The van der Waals surface area contributed by atoms with E-state index in [0.29, 0.717) is 0 Å². The highest BCUT2D eigenvalue weighted by Gasteiger charge is 2.16. The minimum absolute atomic E-state index is 0.0492. The predicted octanol–water partition coefficient (Wildman–Crippen LogP) is 3.32. The second kappa shape index (κ2) is 8.13. The van der Waals surface area contributed by atoms with Crippen molar-refractivity contribution in [3.8, 4) is 5.75 Å². The Balaban J connectivity index is 1.61. The van der Waals surface area contributed by atoms with Gasteiger partial charge in [0, 0.05) is 12.3 Å². The van der Waals surface area contributed by atoms with E-state index in [4.69, 9.17) is 4.74 Å². The second-order valence-corrected chi connectivity index (χ2v) is 5.84. The van der Waals surface area contributed by atoms with E-state index in [9.17, 15) is 14.9 Å². The molecule has 0 spiro atoms. The SMILES string of the molecule is CC(NC(=O)c1ccn(COc2ccccc2[N+](=O)[O-])n1)c1ccccc1. The maximum Gasteiger partial charge on any atom is 0.311 e. The molecule has 8 heteroatoms. The monoisotopic (exact) mass is 366 g/mol. The number of nitrogens with zero attached hydrogens (tertiary/aromatic N) is 3. The van der Waals surface area contributed by atoms with E-state index in [-0.39, 0.29) is 35.8 Å². The third kappa shape index (κ3) is 4.49. The van der Waals surface area contributed by atoms with Crippen molar-refractivity contribution in [2.45, 2.75) is 19.7 Å². The first-order valence-electron chi connectivity index (χ1n) is 8.30. The molecule has 0 radical (unpaired) electrons. The highest BCUT2D eigenvalue weighted by molar-refractivity contribution is 5.92. The summed E-state index contributed by atoms with van der Waals surface area (Å²) in [5.41, 5.74) is 1.10. The van der Waals surface area contributed by atoms with Crippen molar-refractivity contribution in [3.63, 3.8) is 0 Å². The molecular formula is C19H18N4O4. The number of nitro benzene ring substituents is 1. The zero-order valence-corrected chi connectivity index (χ0v) is 14.6.